The van der Waals surface area contributed by atoms with Gasteiger partial charge in [0.25, 0.3) is 5.91 Å². The molecule has 3 unspecified atom stereocenters. The molecule has 1 aromatic rings. The van der Waals surface area contributed by atoms with Crippen LogP contribution in [0.1, 0.15) is 31.1 Å². The average Bonchev–Trinajstić information content (AvgIpc) is 2.84. The van der Waals surface area contributed by atoms with Gasteiger partial charge in [-0.2, -0.15) is 0 Å². The number of carbonyl (C=O) groups excluding carboxylic acids is 2. The fourth-order valence-corrected chi connectivity index (χ4v) is 3.31. The van der Waals surface area contributed by atoms with Gasteiger partial charge in [-0.3, -0.25) is 14.5 Å². The fourth-order valence-electron chi connectivity index (χ4n) is 2.52. The van der Waals surface area contributed by atoms with Gasteiger partial charge in [0.1, 0.15) is 5.00 Å². The molecular formula is C14H21N3O3S. The third kappa shape index (κ3) is 3.81. The summed E-state index contributed by atoms with van der Waals surface area (Å²) in [6.07, 6.45) is 0.207. The van der Waals surface area contributed by atoms with Crippen LogP contribution in [-0.2, 0) is 9.53 Å². The Morgan fingerprint density at radius 3 is 2.62 bits per heavy atom. The van der Waals surface area contributed by atoms with E-state index in [-0.39, 0.29) is 24.2 Å². The fraction of sp³-hybridized carbons (Fsp3) is 0.571. The van der Waals surface area contributed by atoms with E-state index >= 15 is 0 Å². The lowest BCUT2D eigenvalue weighted by atomic mass is 10.1. The minimum absolute atomic E-state index is 0.104. The highest BCUT2D eigenvalue weighted by Crippen LogP contribution is 2.23. The van der Waals surface area contributed by atoms with E-state index in [0.717, 1.165) is 0 Å². The van der Waals surface area contributed by atoms with Gasteiger partial charge in [-0.25, -0.2) is 0 Å². The third-order valence-electron chi connectivity index (χ3n) is 3.54. The van der Waals surface area contributed by atoms with E-state index in [2.05, 4.69) is 10.2 Å². The molecule has 2 rings (SSSR count). The van der Waals surface area contributed by atoms with E-state index in [9.17, 15) is 9.59 Å². The van der Waals surface area contributed by atoms with Crippen molar-refractivity contribution in [2.45, 2.75) is 39.0 Å². The van der Waals surface area contributed by atoms with Gasteiger partial charge >= 0.3 is 0 Å². The van der Waals surface area contributed by atoms with Crippen LogP contribution in [0.15, 0.2) is 11.4 Å². The SMILES string of the molecule is CC1CN(C(C)C(=O)Nc2sccc2C(N)=O)CC(C)O1. The van der Waals surface area contributed by atoms with E-state index in [0.29, 0.717) is 23.7 Å². The van der Waals surface area contributed by atoms with Crippen molar-refractivity contribution < 1.29 is 14.3 Å². The predicted octanol–water partition coefficient (Wildman–Crippen LogP) is 1.28. The molecule has 3 atom stereocenters. The van der Waals surface area contributed by atoms with Gasteiger partial charge in [-0.05, 0) is 32.2 Å². The number of nitrogens with one attached hydrogen (secondary N) is 1. The molecule has 0 aromatic carbocycles. The highest BCUT2D eigenvalue weighted by atomic mass is 32.1. The summed E-state index contributed by atoms with van der Waals surface area (Å²) in [7, 11) is 0. The third-order valence-corrected chi connectivity index (χ3v) is 4.37. The number of rotatable bonds is 4. The molecule has 2 amide bonds. The smallest absolute Gasteiger partial charge is 0.251 e. The number of morpholine rings is 1. The molecule has 7 heteroatoms. The van der Waals surface area contributed by atoms with Gasteiger partial charge in [0, 0.05) is 13.1 Å². The molecule has 0 saturated carbocycles. The second-order valence-electron chi connectivity index (χ2n) is 5.40. The van der Waals surface area contributed by atoms with Crippen LogP contribution < -0.4 is 11.1 Å². The van der Waals surface area contributed by atoms with Gasteiger partial charge in [0.15, 0.2) is 0 Å². The van der Waals surface area contributed by atoms with Crippen LogP contribution in [0.4, 0.5) is 5.00 Å². The minimum atomic E-state index is -0.534. The van der Waals surface area contributed by atoms with Gasteiger partial charge in [-0.1, -0.05) is 0 Å². The van der Waals surface area contributed by atoms with Crippen LogP contribution in [0, 0.1) is 0 Å². The Kier molecular flexibility index (Phi) is 4.97. The predicted molar refractivity (Wildman–Crippen MR) is 82.5 cm³/mol. The summed E-state index contributed by atoms with van der Waals surface area (Å²) in [6.45, 7) is 7.28. The second-order valence-corrected chi connectivity index (χ2v) is 6.32. The normalized spacial score (nSPS) is 24.5. The minimum Gasteiger partial charge on any atom is -0.373 e. The van der Waals surface area contributed by atoms with Gasteiger partial charge in [0.2, 0.25) is 5.91 Å². The first-order valence-corrected chi connectivity index (χ1v) is 7.84. The molecule has 21 heavy (non-hydrogen) atoms. The first kappa shape index (κ1) is 15.9. The summed E-state index contributed by atoms with van der Waals surface area (Å²) in [5.41, 5.74) is 5.63. The Hall–Kier alpha value is -1.44. The number of carbonyl (C=O) groups is 2. The summed E-state index contributed by atoms with van der Waals surface area (Å²) in [5.74, 6) is -0.672. The second kappa shape index (κ2) is 6.55. The van der Waals surface area contributed by atoms with Crippen molar-refractivity contribution in [3.63, 3.8) is 0 Å². The number of hydrogen-bond acceptors (Lipinski definition) is 5. The summed E-state index contributed by atoms with van der Waals surface area (Å²) in [6, 6.07) is 1.33. The number of primary amides is 1. The van der Waals surface area contributed by atoms with Crippen LogP contribution in [-0.4, -0.2) is 48.1 Å². The number of hydrogen-bond donors (Lipinski definition) is 2. The maximum Gasteiger partial charge on any atom is 0.251 e. The Labute approximate surface area is 128 Å². The van der Waals surface area contributed by atoms with Crippen LogP contribution in [0.3, 0.4) is 0 Å². The van der Waals surface area contributed by atoms with E-state index in [1.807, 2.05) is 20.8 Å². The molecule has 2 heterocycles. The standard InChI is InChI=1S/C14H21N3O3S/c1-8-6-17(7-9(2)20-8)10(3)13(19)16-14-11(12(15)18)4-5-21-14/h4-5,8-10H,6-7H2,1-3H3,(H2,15,18)(H,16,19). The van der Waals surface area contributed by atoms with Gasteiger partial charge < -0.3 is 15.8 Å². The Balaban J connectivity index is 2.02. The number of thiophene rings is 1. The number of nitrogens with two attached hydrogens (primary N) is 1. The Bertz CT molecular complexity index is 521. The number of amides is 2. The van der Waals surface area contributed by atoms with E-state index < -0.39 is 5.91 Å². The number of anilines is 1. The molecule has 116 valence electrons. The zero-order valence-corrected chi connectivity index (χ0v) is 13.3. The molecule has 0 bridgehead atoms. The molecule has 1 aliphatic heterocycles. The lowest BCUT2D eigenvalue weighted by molar-refractivity contribution is -0.126. The van der Waals surface area contributed by atoms with Crippen molar-refractivity contribution in [2.75, 3.05) is 18.4 Å². The number of nitrogens with zero attached hydrogens (tertiary/aromatic N) is 1. The Morgan fingerprint density at radius 2 is 2.05 bits per heavy atom. The Morgan fingerprint density at radius 1 is 1.43 bits per heavy atom. The summed E-state index contributed by atoms with van der Waals surface area (Å²) < 4.78 is 5.67. The summed E-state index contributed by atoms with van der Waals surface area (Å²) >= 11 is 1.30. The van der Waals surface area contributed by atoms with Crippen molar-refractivity contribution in [3.05, 3.63) is 17.0 Å². The van der Waals surface area contributed by atoms with Gasteiger partial charge in [0.05, 0.1) is 23.8 Å². The van der Waals surface area contributed by atoms with Crippen molar-refractivity contribution in [2.24, 2.45) is 5.73 Å². The summed E-state index contributed by atoms with van der Waals surface area (Å²) in [4.78, 5) is 25.7. The topological polar surface area (TPSA) is 84.7 Å². The first-order valence-electron chi connectivity index (χ1n) is 6.96. The van der Waals surface area contributed by atoms with E-state index in [1.54, 1.807) is 11.4 Å². The maximum atomic E-state index is 12.4. The van der Waals surface area contributed by atoms with Crippen molar-refractivity contribution in [1.82, 2.24) is 4.90 Å². The highest BCUT2D eigenvalue weighted by Gasteiger charge is 2.29. The van der Waals surface area contributed by atoms with Crippen molar-refractivity contribution >= 4 is 28.2 Å². The molecule has 6 nitrogen and oxygen atoms in total. The molecule has 1 aliphatic rings. The lowest BCUT2D eigenvalue weighted by Gasteiger charge is -2.38. The molecule has 0 spiro atoms. The average molecular weight is 311 g/mol. The lowest BCUT2D eigenvalue weighted by Crippen LogP contribution is -2.52. The highest BCUT2D eigenvalue weighted by molar-refractivity contribution is 7.14. The zero-order chi connectivity index (χ0) is 15.6. The number of ether oxygens (including phenoxy) is 1. The van der Waals surface area contributed by atoms with E-state index in [4.69, 9.17) is 10.5 Å². The molecule has 0 radical (unpaired) electrons. The molecule has 1 saturated heterocycles. The molecular weight excluding hydrogens is 290 g/mol. The molecule has 3 N–H and O–H groups in total. The maximum absolute atomic E-state index is 12.4. The molecule has 0 aliphatic carbocycles. The largest absolute Gasteiger partial charge is 0.373 e. The molecule has 1 aromatic heterocycles. The van der Waals surface area contributed by atoms with Crippen LogP contribution >= 0.6 is 11.3 Å². The van der Waals surface area contributed by atoms with Crippen LogP contribution in [0.5, 0.6) is 0 Å². The van der Waals surface area contributed by atoms with Crippen LogP contribution in [0.2, 0.25) is 0 Å². The summed E-state index contributed by atoms with van der Waals surface area (Å²) in [5, 5.41) is 5.04. The quantitative estimate of drug-likeness (QED) is 0.877. The molecule has 1 fully saturated rings. The van der Waals surface area contributed by atoms with Crippen molar-refractivity contribution in [1.29, 1.82) is 0 Å². The van der Waals surface area contributed by atoms with E-state index in [1.165, 1.54) is 11.3 Å². The van der Waals surface area contributed by atoms with Gasteiger partial charge in [-0.15, -0.1) is 11.3 Å². The zero-order valence-electron chi connectivity index (χ0n) is 12.5. The monoisotopic (exact) mass is 311 g/mol. The van der Waals surface area contributed by atoms with Crippen molar-refractivity contribution in [3.8, 4) is 0 Å². The first-order chi connectivity index (χ1) is 9.88. The van der Waals surface area contributed by atoms with Crippen LogP contribution in [0.25, 0.3) is 0 Å².